The van der Waals surface area contributed by atoms with Gasteiger partial charge in [-0.25, -0.2) is 4.79 Å². The summed E-state index contributed by atoms with van der Waals surface area (Å²) in [6, 6.07) is 2.92. The van der Waals surface area contributed by atoms with Crippen LogP contribution in [0.25, 0.3) is 0 Å². The number of rotatable bonds is 5. The van der Waals surface area contributed by atoms with Crippen LogP contribution in [0.3, 0.4) is 0 Å². The third-order valence-corrected chi connectivity index (χ3v) is 5.54. The van der Waals surface area contributed by atoms with Crippen molar-refractivity contribution < 1.29 is 9.59 Å². The van der Waals surface area contributed by atoms with E-state index in [2.05, 4.69) is 28.4 Å². The maximum atomic E-state index is 12.1. The molecule has 0 aromatic carbocycles. The van der Waals surface area contributed by atoms with Gasteiger partial charge < -0.3 is 16.4 Å². The van der Waals surface area contributed by atoms with Crippen molar-refractivity contribution in [3.8, 4) is 0 Å². The monoisotopic (exact) mass is 383 g/mol. The maximum Gasteiger partial charge on any atom is 0.312 e. The van der Waals surface area contributed by atoms with Crippen molar-refractivity contribution in [1.82, 2.24) is 21.5 Å². The van der Waals surface area contributed by atoms with Gasteiger partial charge >= 0.3 is 6.03 Å². The van der Waals surface area contributed by atoms with Crippen LogP contribution in [0.1, 0.15) is 49.9 Å². The van der Waals surface area contributed by atoms with Gasteiger partial charge in [-0.1, -0.05) is 25.8 Å². The minimum Gasteiger partial charge on any atom is -0.358 e. The number of thiocarbonyl (C=S) groups is 1. The summed E-state index contributed by atoms with van der Waals surface area (Å²) in [5.74, 6) is 0.278. The molecule has 3 amide bonds. The Hall–Kier alpha value is -1.87. The highest BCUT2D eigenvalue weighted by molar-refractivity contribution is 7.80. The zero-order chi connectivity index (χ0) is 18.2. The lowest BCUT2D eigenvalue weighted by molar-refractivity contribution is -0.122. The predicted octanol–water partition coefficient (Wildman–Crippen LogP) is 1.92. The van der Waals surface area contributed by atoms with Crippen molar-refractivity contribution in [1.29, 1.82) is 0 Å². The molecule has 0 radical (unpaired) electrons. The molecule has 1 aliphatic carbocycles. The smallest absolute Gasteiger partial charge is 0.312 e. The van der Waals surface area contributed by atoms with E-state index in [4.69, 9.17) is 18.0 Å². The van der Waals surface area contributed by atoms with Crippen LogP contribution >= 0.6 is 23.6 Å². The molecule has 1 aromatic heterocycles. The minimum absolute atomic E-state index is 0.0684. The number of carbonyl (C=O) groups is 2. The second-order valence-electron chi connectivity index (χ2n) is 6.30. The SMILES string of the molecule is CC1CCCCC1NC(=S)NNC(=O)CC(NC(N)=O)c1cccs1. The van der Waals surface area contributed by atoms with Crippen molar-refractivity contribution in [2.45, 2.75) is 51.1 Å². The van der Waals surface area contributed by atoms with E-state index in [1.54, 1.807) is 0 Å². The quantitative estimate of drug-likeness (QED) is 0.394. The van der Waals surface area contributed by atoms with Crippen LogP contribution in [0.15, 0.2) is 17.5 Å². The van der Waals surface area contributed by atoms with Gasteiger partial charge in [-0.15, -0.1) is 11.3 Å². The molecule has 0 spiro atoms. The molecule has 1 heterocycles. The highest BCUT2D eigenvalue weighted by Crippen LogP contribution is 2.23. The summed E-state index contributed by atoms with van der Waals surface area (Å²) < 4.78 is 0. The van der Waals surface area contributed by atoms with Crippen LogP contribution in [0.2, 0.25) is 0 Å². The molecule has 9 heteroatoms. The molecular formula is C16H25N5O2S2. The van der Waals surface area contributed by atoms with Crippen LogP contribution in [-0.4, -0.2) is 23.1 Å². The van der Waals surface area contributed by atoms with Crippen LogP contribution in [-0.2, 0) is 4.79 Å². The van der Waals surface area contributed by atoms with Gasteiger partial charge in [0.2, 0.25) is 5.91 Å². The van der Waals surface area contributed by atoms with E-state index in [1.807, 2.05) is 17.5 Å². The van der Waals surface area contributed by atoms with Crippen molar-refractivity contribution in [3.05, 3.63) is 22.4 Å². The predicted molar refractivity (Wildman–Crippen MR) is 103 cm³/mol. The van der Waals surface area contributed by atoms with E-state index in [-0.39, 0.29) is 12.3 Å². The number of primary amides is 1. The molecule has 1 saturated carbocycles. The van der Waals surface area contributed by atoms with Gasteiger partial charge in [-0.3, -0.25) is 15.6 Å². The Bertz CT molecular complexity index is 593. The number of nitrogens with two attached hydrogens (primary N) is 1. The van der Waals surface area contributed by atoms with Crippen LogP contribution in [0, 0.1) is 5.92 Å². The number of thiophene rings is 1. The van der Waals surface area contributed by atoms with E-state index >= 15 is 0 Å². The van der Waals surface area contributed by atoms with Crippen molar-refractivity contribution in [2.24, 2.45) is 11.7 Å². The highest BCUT2D eigenvalue weighted by atomic mass is 32.1. The molecule has 0 aliphatic heterocycles. The summed E-state index contributed by atoms with van der Waals surface area (Å²) in [6.45, 7) is 2.21. The first-order valence-electron chi connectivity index (χ1n) is 8.40. The van der Waals surface area contributed by atoms with Gasteiger partial charge in [0.15, 0.2) is 5.11 Å². The molecule has 6 N–H and O–H groups in total. The van der Waals surface area contributed by atoms with Gasteiger partial charge in [-0.05, 0) is 42.4 Å². The first kappa shape index (κ1) is 19.5. The Morgan fingerprint density at radius 3 is 2.76 bits per heavy atom. The average molecular weight is 384 g/mol. The summed E-state index contributed by atoms with van der Waals surface area (Å²) in [4.78, 5) is 24.2. The molecule has 1 aromatic rings. The van der Waals surface area contributed by atoms with Gasteiger partial charge in [0.1, 0.15) is 0 Å². The second-order valence-corrected chi connectivity index (χ2v) is 7.68. The number of amides is 3. The number of hydrogen-bond acceptors (Lipinski definition) is 4. The molecular weight excluding hydrogens is 358 g/mol. The summed E-state index contributed by atoms with van der Waals surface area (Å²) in [5.41, 5.74) is 10.5. The lowest BCUT2D eigenvalue weighted by Gasteiger charge is -2.30. The number of urea groups is 1. The van der Waals surface area contributed by atoms with Gasteiger partial charge in [0.05, 0.1) is 12.5 Å². The third-order valence-electron chi connectivity index (χ3n) is 4.34. The van der Waals surface area contributed by atoms with Crippen LogP contribution < -0.4 is 27.2 Å². The largest absolute Gasteiger partial charge is 0.358 e. The average Bonchev–Trinajstić information content (AvgIpc) is 3.08. The lowest BCUT2D eigenvalue weighted by Crippen LogP contribution is -2.52. The summed E-state index contributed by atoms with van der Waals surface area (Å²) in [6.07, 6.45) is 4.79. The molecule has 1 fully saturated rings. The first-order valence-corrected chi connectivity index (χ1v) is 9.69. The fraction of sp³-hybridized carbons (Fsp3) is 0.562. The summed E-state index contributed by atoms with van der Waals surface area (Å²) in [7, 11) is 0. The zero-order valence-corrected chi connectivity index (χ0v) is 15.8. The molecule has 25 heavy (non-hydrogen) atoms. The van der Waals surface area contributed by atoms with E-state index in [9.17, 15) is 9.59 Å². The van der Waals surface area contributed by atoms with Gasteiger partial charge in [-0.2, -0.15) is 0 Å². The Morgan fingerprint density at radius 1 is 1.36 bits per heavy atom. The van der Waals surface area contributed by atoms with E-state index in [0.717, 1.165) is 11.3 Å². The third kappa shape index (κ3) is 6.50. The molecule has 138 valence electrons. The van der Waals surface area contributed by atoms with Crippen LogP contribution in [0.4, 0.5) is 4.79 Å². The number of carbonyl (C=O) groups excluding carboxylic acids is 2. The number of hydrogen-bond donors (Lipinski definition) is 5. The van der Waals surface area contributed by atoms with Crippen molar-refractivity contribution >= 4 is 40.6 Å². The molecule has 0 bridgehead atoms. The highest BCUT2D eigenvalue weighted by Gasteiger charge is 2.22. The van der Waals surface area contributed by atoms with E-state index < -0.39 is 12.1 Å². The normalized spacial score (nSPS) is 21.0. The fourth-order valence-electron chi connectivity index (χ4n) is 2.98. The maximum absolute atomic E-state index is 12.1. The summed E-state index contributed by atoms with van der Waals surface area (Å²) in [5, 5.41) is 8.13. The topological polar surface area (TPSA) is 108 Å². The van der Waals surface area contributed by atoms with Gasteiger partial charge in [0, 0.05) is 10.9 Å². The minimum atomic E-state index is -0.664. The molecule has 2 rings (SSSR count). The van der Waals surface area contributed by atoms with E-state index in [1.165, 1.54) is 30.6 Å². The zero-order valence-electron chi connectivity index (χ0n) is 14.2. The van der Waals surface area contributed by atoms with Crippen LogP contribution in [0.5, 0.6) is 0 Å². The Labute approximate surface area is 157 Å². The Balaban J connectivity index is 1.78. The molecule has 3 unspecified atom stereocenters. The Kier molecular flexibility index (Phi) is 7.45. The molecule has 0 saturated heterocycles. The van der Waals surface area contributed by atoms with E-state index in [0.29, 0.717) is 17.1 Å². The van der Waals surface area contributed by atoms with Gasteiger partial charge in [0.25, 0.3) is 0 Å². The fourth-order valence-corrected chi connectivity index (χ4v) is 3.96. The number of hydrazine groups is 1. The molecule has 3 atom stereocenters. The first-order chi connectivity index (χ1) is 12.0. The van der Waals surface area contributed by atoms with Crippen molar-refractivity contribution in [3.63, 3.8) is 0 Å². The summed E-state index contributed by atoms with van der Waals surface area (Å²) >= 11 is 6.70. The molecule has 1 aliphatic rings. The van der Waals surface area contributed by atoms with Crippen molar-refractivity contribution in [2.75, 3.05) is 0 Å². The molecule has 7 nitrogen and oxygen atoms in total. The lowest BCUT2D eigenvalue weighted by atomic mass is 9.86. The second kappa shape index (κ2) is 9.57. The standard InChI is InChI=1S/C16H25N5O2S2/c1-10-5-2-3-6-11(10)19-16(24)21-20-14(22)9-12(18-15(17)23)13-7-4-8-25-13/h4,7-8,10-12H,2-3,5-6,9H2,1H3,(H,20,22)(H3,17,18,23)(H2,19,21,24). The Morgan fingerprint density at radius 2 is 2.12 bits per heavy atom. The number of nitrogens with one attached hydrogen (secondary N) is 4.